The Morgan fingerprint density at radius 3 is 2.26 bits per heavy atom. The Labute approximate surface area is 202 Å². The Balaban J connectivity index is 1.94. The molecule has 0 aliphatic carbocycles. The predicted octanol–water partition coefficient (Wildman–Crippen LogP) is 4.86. The second kappa shape index (κ2) is 7.83. The van der Waals surface area contributed by atoms with Crippen LogP contribution in [0.4, 0.5) is 0 Å². The van der Waals surface area contributed by atoms with Gasteiger partial charge in [0.1, 0.15) is 11.4 Å². The summed E-state index contributed by atoms with van der Waals surface area (Å²) in [6, 6.07) is 13.6. The van der Waals surface area contributed by atoms with Crippen LogP contribution in [0.15, 0.2) is 47.3 Å². The highest BCUT2D eigenvalue weighted by Crippen LogP contribution is 2.47. The van der Waals surface area contributed by atoms with Crippen molar-refractivity contribution in [2.45, 2.75) is 52.4 Å². The molecule has 0 fully saturated rings. The van der Waals surface area contributed by atoms with E-state index in [4.69, 9.17) is 14.2 Å². The molecule has 1 aliphatic heterocycles. The fraction of sp³-hybridized carbons (Fsp3) is 0.321. The second-order valence-electron chi connectivity index (χ2n) is 9.70. The maximum atomic E-state index is 13.9. The SMILES string of the molecule is CC(=O)OC1c2c(cc(C)c3c(=O)c4cc5ccccc5cc4n(C)c23)OC(C)(C)C1OC(C)=O. The molecule has 0 N–H and O–H groups in total. The zero-order valence-electron chi connectivity index (χ0n) is 20.6. The van der Waals surface area contributed by atoms with Gasteiger partial charge < -0.3 is 18.8 Å². The van der Waals surface area contributed by atoms with Gasteiger partial charge in [-0.1, -0.05) is 24.3 Å². The number of nitrogens with zero attached hydrogens (tertiary/aromatic N) is 1. The number of rotatable bonds is 2. The molecular weight excluding hydrogens is 446 g/mol. The van der Waals surface area contributed by atoms with Gasteiger partial charge in [-0.3, -0.25) is 14.4 Å². The van der Waals surface area contributed by atoms with Gasteiger partial charge in [-0.15, -0.1) is 0 Å². The molecule has 7 nitrogen and oxygen atoms in total. The lowest BCUT2D eigenvalue weighted by Gasteiger charge is -2.43. The first-order valence-electron chi connectivity index (χ1n) is 11.5. The normalized spacial score (nSPS) is 18.8. The van der Waals surface area contributed by atoms with E-state index in [0.717, 1.165) is 21.9 Å². The predicted molar refractivity (Wildman–Crippen MR) is 134 cm³/mol. The van der Waals surface area contributed by atoms with E-state index in [1.807, 2.05) is 54.9 Å². The van der Waals surface area contributed by atoms with Gasteiger partial charge in [0.05, 0.1) is 16.6 Å². The molecule has 4 aromatic rings. The Kier molecular flexibility index (Phi) is 5.13. The van der Waals surface area contributed by atoms with Gasteiger partial charge in [0.15, 0.2) is 17.6 Å². The lowest BCUT2D eigenvalue weighted by Crippen LogP contribution is -2.52. The summed E-state index contributed by atoms with van der Waals surface area (Å²) in [6.07, 6.45) is -1.87. The van der Waals surface area contributed by atoms with Gasteiger partial charge in [0, 0.05) is 31.7 Å². The Morgan fingerprint density at radius 2 is 1.63 bits per heavy atom. The number of fused-ring (bicyclic) bond motifs is 5. The van der Waals surface area contributed by atoms with Crippen LogP contribution in [0, 0.1) is 6.92 Å². The first kappa shape index (κ1) is 22.9. The third-order valence-corrected chi connectivity index (χ3v) is 6.74. The fourth-order valence-corrected chi connectivity index (χ4v) is 5.26. The van der Waals surface area contributed by atoms with Crippen molar-refractivity contribution in [1.82, 2.24) is 4.57 Å². The molecule has 2 heterocycles. The average molecular weight is 474 g/mol. The average Bonchev–Trinajstić information content (AvgIpc) is 2.77. The molecule has 1 aromatic heterocycles. The summed E-state index contributed by atoms with van der Waals surface area (Å²) in [6.45, 7) is 8.05. The van der Waals surface area contributed by atoms with Crippen LogP contribution in [0.25, 0.3) is 32.6 Å². The molecule has 180 valence electrons. The van der Waals surface area contributed by atoms with E-state index < -0.39 is 29.7 Å². The van der Waals surface area contributed by atoms with Gasteiger partial charge in [0.25, 0.3) is 0 Å². The van der Waals surface area contributed by atoms with E-state index in [9.17, 15) is 14.4 Å². The summed E-state index contributed by atoms with van der Waals surface area (Å²) < 4.78 is 19.7. The van der Waals surface area contributed by atoms with Crippen molar-refractivity contribution in [2.75, 3.05) is 0 Å². The number of benzene rings is 3. The summed E-state index contributed by atoms with van der Waals surface area (Å²) in [5.41, 5.74) is 1.50. The van der Waals surface area contributed by atoms with Crippen LogP contribution < -0.4 is 10.2 Å². The van der Waals surface area contributed by atoms with Gasteiger partial charge in [-0.2, -0.15) is 0 Å². The quantitative estimate of drug-likeness (QED) is 0.305. The number of carbonyl (C=O) groups excluding carboxylic acids is 2. The van der Waals surface area contributed by atoms with Crippen LogP contribution in [0.5, 0.6) is 5.75 Å². The van der Waals surface area contributed by atoms with Crippen molar-refractivity contribution < 1.29 is 23.8 Å². The van der Waals surface area contributed by atoms with E-state index in [2.05, 4.69) is 0 Å². The zero-order chi connectivity index (χ0) is 25.2. The highest BCUT2D eigenvalue weighted by Gasteiger charge is 2.49. The minimum absolute atomic E-state index is 0.116. The van der Waals surface area contributed by atoms with E-state index in [1.165, 1.54) is 13.8 Å². The highest BCUT2D eigenvalue weighted by atomic mass is 16.6. The number of esters is 2. The largest absolute Gasteiger partial charge is 0.483 e. The number of hydrogen-bond donors (Lipinski definition) is 0. The topological polar surface area (TPSA) is 83.8 Å². The van der Waals surface area contributed by atoms with Gasteiger partial charge in [-0.25, -0.2) is 0 Å². The molecule has 0 radical (unpaired) electrons. The first-order chi connectivity index (χ1) is 16.5. The monoisotopic (exact) mass is 473 g/mol. The summed E-state index contributed by atoms with van der Waals surface area (Å²) in [5.74, 6) is -0.555. The fourth-order valence-electron chi connectivity index (χ4n) is 5.26. The Hall–Kier alpha value is -3.87. The standard InChI is InChI=1S/C28H27NO6/c1-14-11-21-23(26(33-15(2)30)27(34-16(3)31)28(4,5)35-21)24-22(14)25(32)19-12-17-9-7-8-10-18(17)13-20(19)29(24)6/h7-13,26-27H,1-6H3. The zero-order valence-corrected chi connectivity index (χ0v) is 20.6. The number of carbonyl (C=O) groups is 2. The van der Waals surface area contributed by atoms with E-state index in [1.54, 1.807) is 19.9 Å². The molecule has 0 bridgehead atoms. The summed E-state index contributed by atoms with van der Waals surface area (Å²) >= 11 is 0. The van der Waals surface area contributed by atoms with Crippen molar-refractivity contribution in [3.05, 3.63) is 63.8 Å². The molecule has 2 unspecified atom stereocenters. The number of aromatic nitrogens is 1. The lowest BCUT2D eigenvalue weighted by molar-refractivity contribution is -0.187. The van der Waals surface area contributed by atoms with Crippen molar-refractivity contribution in [1.29, 1.82) is 0 Å². The van der Waals surface area contributed by atoms with Crippen molar-refractivity contribution >= 4 is 44.5 Å². The number of ether oxygens (including phenoxy) is 3. The molecule has 7 heteroatoms. The Morgan fingerprint density at radius 1 is 1.00 bits per heavy atom. The van der Waals surface area contributed by atoms with Crippen molar-refractivity contribution in [2.24, 2.45) is 7.05 Å². The minimum Gasteiger partial charge on any atom is -0.483 e. The molecule has 5 rings (SSSR count). The van der Waals surface area contributed by atoms with Gasteiger partial charge in [0.2, 0.25) is 0 Å². The van der Waals surface area contributed by atoms with E-state index >= 15 is 0 Å². The molecule has 2 atom stereocenters. The molecule has 0 spiro atoms. The first-order valence-corrected chi connectivity index (χ1v) is 11.5. The highest BCUT2D eigenvalue weighted by molar-refractivity contribution is 6.03. The Bertz CT molecular complexity index is 1610. The van der Waals surface area contributed by atoms with Crippen LogP contribution in [-0.2, 0) is 26.1 Å². The van der Waals surface area contributed by atoms with Gasteiger partial charge >= 0.3 is 11.9 Å². The summed E-state index contributed by atoms with van der Waals surface area (Å²) in [5, 5.41) is 3.09. The van der Waals surface area contributed by atoms with Crippen molar-refractivity contribution in [3.63, 3.8) is 0 Å². The molecule has 0 saturated heterocycles. The molecule has 0 amide bonds. The number of pyridine rings is 1. The third kappa shape index (κ3) is 3.53. The second-order valence-corrected chi connectivity index (χ2v) is 9.70. The smallest absolute Gasteiger partial charge is 0.303 e. The number of aryl methyl sites for hydroxylation is 2. The number of hydrogen-bond acceptors (Lipinski definition) is 6. The van der Waals surface area contributed by atoms with Crippen LogP contribution >= 0.6 is 0 Å². The van der Waals surface area contributed by atoms with Gasteiger partial charge in [-0.05, 0) is 55.3 Å². The van der Waals surface area contributed by atoms with E-state index in [-0.39, 0.29) is 5.43 Å². The lowest BCUT2D eigenvalue weighted by atomic mass is 9.85. The minimum atomic E-state index is -0.981. The molecule has 3 aromatic carbocycles. The maximum Gasteiger partial charge on any atom is 0.303 e. The van der Waals surface area contributed by atoms with Crippen LogP contribution in [0.2, 0.25) is 0 Å². The molecule has 0 saturated carbocycles. The molecular formula is C28H27NO6. The van der Waals surface area contributed by atoms with E-state index in [0.29, 0.717) is 27.6 Å². The molecule has 35 heavy (non-hydrogen) atoms. The molecule has 1 aliphatic rings. The third-order valence-electron chi connectivity index (χ3n) is 6.74. The van der Waals surface area contributed by atoms with Crippen LogP contribution in [-0.4, -0.2) is 28.2 Å². The van der Waals surface area contributed by atoms with Crippen LogP contribution in [0.1, 0.15) is 44.9 Å². The van der Waals surface area contributed by atoms with Crippen molar-refractivity contribution in [3.8, 4) is 5.75 Å². The van der Waals surface area contributed by atoms with Crippen LogP contribution in [0.3, 0.4) is 0 Å². The summed E-state index contributed by atoms with van der Waals surface area (Å²) in [7, 11) is 1.88. The summed E-state index contributed by atoms with van der Waals surface area (Å²) in [4.78, 5) is 38.1. The maximum absolute atomic E-state index is 13.9.